The summed E-state index contributed by atoms with van der Waals surface area (Å²) in [6.45, 7) is 7.53. The molecule has 2 N–H and O–H groups in total. The van der Waals surface area contributed by atoms with Crippen LogP contribution in [0.5, 0.6) is 0 Å². The first-order valence-electron chi connectivity index (χ1n) is 16.1. The molecular weight excluding hydrogens is 548 g/mol. The van der Waals surface area contributed by atoms with Crippen LogP contribution in [0.4, 0.5) is 17.5 Å². The Balaban J connectivity index is 1.00. The van der Waals surface area contributed by atoms with Crippen LogP contribution >= 0.6 is 11.5 Å². The van der Waals surface area contributed by atoms with Gasteiger partial charge in [-0.15, -0.1) is 0 Å². The Morgan fingerprint density at radius 1 is 1.07 bits per heavy atom. The normalized spacial score (nSPS) is 25.0. The molecule has 10 nitrogen and oxygen atoms in total. The van der Waals surface area contributed by atoms with Gasteiger partial charge in [-0.3, -0.25) is 9.48 Å². The highest BCUT2D eigenvalue weighted by Gasteiger charge is 2.38. The van der Waals surface area contributed by atoms with Gasteiger partial charge < -0.3 is 20.3 Å². The van der Waals surface area contributed by atoms with Crippen LogP contribution in [0.25, 0.3) is 10.2 Å². The Bertz CT molecular complexity index is 1340. The molecule has 2 atom stereocenters. The molecule has 0 bridgehead atoms. The average molecular weight is 595 g/mol. The summed E-state index contributed by atoms with van der Waals surface area (Å²) in [5.41, 5.74) is 1.87. The molecular formula is C31H46N8O2S. The molecule has 0 aromatic carbocycles. The summed E-state index contributed by atoms with van der Waals surface area (Å²) in [6.07, 6.45) is 17.9. The molecule has 3 aromatic rings. The second-order valence-corrected chi connectivity index (χ2v) is 13.3. The van der Waals surface area contributed by atoms with Crippen LogP contribution in [0.3, 0.4) is 0 Å². The molecule has 3 aliphatic rings. The number of unbranched alkanes of at least 4 members (excludes halogenated alkanes) is 1. The van der Waals surface area contributed by atoms with E-state index in [0.717, 1.165) is 85.1 Å². The third kappa shape index (κ3) is 6.56. The number of aryl methyl sites for hydroxylation is 1. The zero-order valence-electron chi connectivity index (χ0n) is 25.3. The Morgan fingerprint density at radius 3 is 2.62 bits per heavy atom. The monoisotopic (exact) mass is 594 g/mol. The van der Waals surface area contributed by atoms with E-state index in [0.29, 0.717) is 30.1 Å². The van der Waals surface area contributed by atoms with Crippen LogP contribution in [-0.4, -0.2) is 66.3 Å². The van der Waals surface area contributed by atoms with Crippen molar-refractivity contribution in [2.24, 2.45) is 5.92 Å². The maximum Gasteiger partial charge on any atom is 0.230 e. The Morgan fingerprint density at radius 2 is 1.86 bits per heavy atom. The molecule has 3 fully saturated rings. The largest absolute Gasteiger partial charge is 0.381 e. The number of carbonyl (C=O) groups excluding carboxylic acids is 1. The van der Waals surface area contributed by atoms with E-state index in [1.165, 1.54) is 50.1 Å². The van der Waals surface area contributed by atoms with Gasteiger partial charge in [-0.1, -0.05) is 26.2 Å². The summed E-state index contributed by atoms with van der Waals surface area (Å²) < 4.78 is 12.1. The molecule has 2 aliphatic heterocycles. The Hall–Kier alpha value is -2.79. The van der Waals surface area contributed by atoms with Crippen LogP contribution in [-0.2, 0) is 9.53 Å². The molecule has 42 heavy (non-hydrogen) atoms. The number of hydrogen-bond acceptors (Lipinski definition) is 9. The summed E-state index contributed by atoms with van der Waals surface area (Å²) in [7, 11) is 0. The summed E-state index contributed by atoms with van der Waals surface area (Å²) in [5.74, 6) is 2.52. The van der Waals surface area contributed by atoms with Gasteiger partial charge in [-0.25, -0.2) is 0 Å². The quantitative estimate of drug-likeness (QED) is 0.239. The summed E-state index contributed by atoms with van der Waals surface area (Å²) >= 11 is 1.43. The predicted molar refractivity (Wildman–Crippen MR) is 167 cm³/mol. The van der Waals surface area contributed by atoms with Crippen molar-refractivity contribution in [3.8, 4) is 0 Å². The van der Waals surface area contributed by atoms with Crippen molar-refractivity contribution in [3.05, 3.63) is 18.1 Å². The van der Waals surface area contributed by atoms with Crippen molar-refractivity contribution in [3.63, 3.8) is 0 Å². The van der Waals surface area contributed by atoms with Crippen LogP contribution in [0, 0.1) is 12.8 Å². The molecule has 3 aromatic heterocycles. The maximum absolute atomic E-state index is 12.0. The van der Waals surface area contributed by atoms with E-state index in [2.05, 4.69) is 31.9 Å². The van der Waals surface area contributed by atoms with Gasteiger partial charge in [0.05, 0.1) is 29.0 Å². The number of anilines is 3. The van der Waals surface area contributed by atoms with Crippen molar-refractivity contribution in [1.82, 2.24) is 29.0 Å². The number of fused-ring (bicyclic) bond motifs is 1. The van der Waals surface area contributed by atoms with Gasteiger partial charge in [0, 0.05) is 44.5 Å². The lowest BCUT2D eigenvalue weighted by molar-refractivity contribution is -0.142. The van der Waals surface area contributed by atoms with Gasteiger partial charge >= 0.3 is 0 Å². The Kier molecular flexibility index (Phi) is 9.23. The maximum atomic E-state index is 12.0. The molecule has 6 rings (SSSR count). The number of ether oxygens (including phenoxy) is 1. The van der Waals surface area contributed by atoms with Crippen molar-refractivity contribution in [2.75, 3.05) is 23.8 Å². The van der Waals surface area contributed by atoms with E-state index < -0.39 is 0 Å². The molecule has 1 saturated carbocycles. The highest BCUT2D eigenvalue weighted by molar-refractivity contribution is 7.13. The number of nitrogens with one attached hydrogen (secondary N) is 2. The third-order valence-corrected chi connectivity index (χ3v) is 10.5. The lowest BCUT2D eigenvalue weighted by Gasteiger charge is -2.48. The van der Waals surface area contributed by atoms with E-state index in [1.807, 2.05) is 24.0 Å². The molecule has 1 aliphatic carbocycles. The lowest BCUT2D eigenvalue weighted by Crippen LogP contribution is -2.57. The minimum atomic E-state index is 0.253. The first-order chi connectivity index (χ1) is 20.5. The fourth-order valence-corrected chi connectivity index (χ4v) is 8.05. The van der Waals surface area contributed by atoms with Crippen LogP contribution < -0.4 is 10.6 Å². The number of rotatable bonds is 11. The zero-order chi connectivity index (χ0) is 29.1. The predicted octanol–water partition coefficient (Wildman–Crippen LogP) is 6.62. The van der Waals surface area contributed by atoms with E-state index in [9.17, 15) is 4.79 Å². The molecule has 2 saturated heterocycles. The second kappa shape index (κ2) is 13.2. The van der Waals surface area contributed by atoms with Gasteiger partial charge in [0.1, 0.15) is 5.82 Å². The molecule has 1 amide bonds. The minimum Gasteiger partial charge on any atom is -0.381 e. The van der Waals surface area contributed by atoms with Crippen molar-refractivity contribution < 1.29 is 9.53 Å². The number of amides is 1. The second-order valence-electron chi connectivity index (χ2n) is 12.5. The minimum absolute atomic E-state index is 0.253. The topological polar surface area (TPSA) is 110 Å². The molecule has 0 spiro atoms. The number of aromatic nitrogens is 5. The lowest BCUT2D eigenvalue weighted by atomic mass is 9.82. The summed E-state index contributed by atoms with van der Waals surface area (Å²) in [5, 5.41) is 12.8. The number of likely N-dealkylation sites (tertiary alicyclic amines) is 1. The van der Waals surface area contributed by atoms with Gasteiger partial charge in [-0.05, 0) is 82.2 Å². The van der Waals surface area contributed by atoms with Gasteiger partial charge in [-0.2, -0.15) is 19.4 Å². The number of carbonyl (C=O) groups is 1. The summed E-state index contributed by atoms with van der Waals surface area (Å²) in [4.78, 5) is 24.7. The van der Waals surface area contributed by atoms with Gasteiger partial charge in [0.15, 0.2) is 4.83 Å². The van der Waals surface area contributed by atoms with Crippen molar-refractivity contribution in [1.29, 1.82) is 0 Å². The summed E-state index contributed by atoms with van der Waals surface area (Å²) in [6, 6.07) is 1.75. The Labute approximate surface area is 253 Å². The van der Waals surface area contributed by atoms with Crippen molar-refractivity contribution >= 4 is 45.1 Å². The molecule has 11 heteroatoms. The van der Waals surface area contributed by atoms with E-state index in [-0.39, 0.29) is 5.91 Å². The third-order valence-electron chi connectivity index (χ3n) is 9.68. The molecule has 2 unspecified atom stereocenters. The smallest absolute Gasteiger partial charge is 0.230 e. The van der Waals surface area contributed by atoms with E-state index >= 15 is 0 Å². The van der Waals surface area contributed by atoms with Crippen LogP contribution in [0.15, 0.2) is 12.4 Å². The molecule has 0 radical (unpaired) electrons. The fourth-order valence-electron chi connectivity index (χ4n) is 7.27. The molecule has 228 valence electrons. The first-order valence-corrected chi connectivity index (χ1v) is 16.8. The van der Waals surface area contributed by atoms with E-state index in [4.69, 9.17) is 14.7 Å². The van der Waals surface area contributed by atoms with Gasteiger partial charge in [0.2, 0.25) is 11.9 Å². The average Bonchev–Trinajstić information content (AvgIpc) is 3.60. The fraction of sp³-hybridized carbons (Fsp3) is 0.710. The van der Waals surface area contributed by atoms with Crippen LogP contribution in [0.2, 0.25) is 0 Å². The number of hydrogen-bond donors (Lipinski definition) is 2. The molecule has 5 heterocycles. The number of nitrogens with zero attached hydrogens (tertiary/aromatic N) is 6. The standard InChI is InChI=1S/C31H46N8O2S/c1-4-25-17-27(39(25)21(3)40)8-6-5-7-22-9-11-23(12-10-22)33-29-28-20(2)37-42-30(28)36-31(35-29)34-24-18-32-38(19-24)26-13-15-41-16-14-26/h18-19,22-23,25-27H,4-17H2,1-3H3,(H2,33,34,35,36)/t22-,23-,25?,27?. The van der Waals surface area contributed by atoms with Crippen molar-refractivity contribution in [2.45, 2.75) is 122 Å². The van der Waals surface area contributed by atoms with Crippen LogP contribution in [0.1, 0.15) is 103 Å². The first kappa shape index (κ1) is 29.3. The SMILES string of the molecule is CCC1CC(CCCC[C@H]2CC[C@H](Nc3nc(Nc4cnn(C5CCOCC5)c4)nc4snc(C)c34)CC2)N1C(C)=O. The van der Waals surface area contributed by atoms with E-state index in [1.54, 1.807) is 6.92 Å². The zero-order valence-corrected chi connectivity index (χ0v) is 26.2. The van der Waals surface area contributed by atoms with Gasteiger partial charge in [0.25, 0.3) is 0 Å². The highest BCUT2D eigenvalue weighted by Crippen LogP contribution is 2.35. The highest BCUT2D eigenvalue weighted by atomic mass is 32.1.